The van der Waals surface area contributed by atoms with E-state index >= 15 is 0 Å². The Morgan fingerprint density at radius 3 is 2.59 bits per heavy atom. The van der Waals surface area contributed by atoms with Gasteiger partial charge in [0.05, 0.1) is 13.2 Å². The highest BCUT2D eigenvalue weighted by molar-refractivity contribution is 6.45. The lowest BCUT2D eigenvalue weighted by Crippen LogP contribution is -2.29. The second kappa shape index (κ2) is 6.59. The van der Waals surface area contributed by atoms with Crippen LogP contribution < -0.4 is 16.0 Å². The molecule has 0 spiro atoms. The van der Waals surface area contributed by atoms with Crippen molar-refractivity contribution in [2.45, 2.75) is 6.42 Å². The Hall–Kier alpha value is -1.96. The zero-order chi connectivity index (χ0) is 12.7. The molecule has 1 heterocycles. The maximum atomic E-state index is 11.2. The van der Waals surface area contributed by atoms with Gasteiger partial charge in [-0.15, -0.1) is 0 Å². The summed E-state index contributed by atoms with van der Waals surface area (Å²) in [4.78, 5) is 36.6. The van der Waals surface area contributed by atoms with Gasteiger partial charge >= 0.3 is 11.8 Å². The van der Waals surface area contributed by atoms with Crippen molar-refractivity contribution in [1.29, 1.82) is 0 Å². The van der Waals surface area contributed by atoms with Gasteiger partial charge in [-0.05, 0) is 0 Å². The van der Waals surface area contributed by atoms with Crippen LogP contribution >= 0.6 is 0 Å². The second-order valence-electron chi connectivity index (χ2n) is 3.23. The summed E-state index contributed by atoms with van der Waals surface area (Å²) in [7, 11) is 1.55. The Labute approximate surface area is 97.8 Å². The molecule has 0 aromatic rings. The van der Waals surface area contributed by atoms with Gasteiger partial charge in [-0.1, -0.05) is 0 Å². The average molecular weight is 242 g/mol. The number of carbonyl (C=O) groups excluding carboxylic acids is 3. The van der Waals surface area contributed by atoms with E-state index in [4.69, 9.17) is 4.74 Å². The molecule has 1 fully saturated rings. The maximum absolute atomic E-state index is 11.2. The van der Waals surface area contributed by atoms with Gasteiger partial charge in [-0.3, -0.25) is 30.0 Å². The third-order valence-electron chi connectivity index (χ3n) is 1.91. The summed E-state index contributed by atoms with van der Waals surface area (Å²) in [5.41, 5.74) is 0. The first-order chi connectivity index (χ1) is 8.13. The van der Waals surface area contributed by atoms with E-state index in [1.807, 2.05) is 0 Å². The molecule has 0 aromatic carbocycles. The first-order valence-corrected chi connectivity index (χ1v) is 5.06. The predicted octanol–water partition coefficient (Wildman–Crippen LogP) is -2.26. The standard InChI is InChI=1S/C9H14N4O4/c1-17-5-4-10-6(14)2-3-11-9-12-7(15)8(16)13-9/h2-5H2,1H3,(H,10,14)(H2,11,12,13,15,16). The van der Waals surface area contributed by atoms with Gasteiger partial charge in [0.1, 0.15) is 0 Å². The number of methoxy groups -OCH3 is 1. The Balaban J connectivity index is 2.19. The van der Waals surface area contributed by atoms with E-state index in [0.717, 1.165) is 0 Å². The number of rotatable bonds is 6. The molecule has 3 amide bonds. The number of ether oxygens (including phenoxy) is 1. The van der Waals surface area contributed by atoms with Crippen LogP contribution in [0.2, 0.25) is 0 Å². The van der Waals surface area contributed by atoms with Crippen LogP contribution in [0.4, 0.5) is 0 Å². The minimum Gasteiger partial charge on any atom is -0.383 e. The lowest BCUT2D eigenvalue weighted by atomic mass is 10.4. The number of carbonyl (C=O) groups is 3. The lowest BCUT2D eigenvalue weighted by molar-refractivity contribution is -0.135. The minimum atomic E-state index is -0.742. The van der Waals surface area contributed by atoms with Crippen LogP contribution in [-0.4, -0.2) is 50.5 Å². The van der Waals surface area contributed by atoms with Crippen molar-refractivity contribution in [3.05, 3.63) is 0 Å². The fourth-order valence-electron chi connectivity index (χ4n) is 1.09. The van der Waals surface area contributed by atoms with Crippen molar-refractivity contribution in [1.82, 2.24) is 16.0 Å². The molecule has 0 bridgehead atoms. The van der Waals surface area contributed by atoms with E-state index in [2.05, 4.69) is 20.9 Å². The number of hydrogen-bond donors (Lipinski definition) is 3. The molecule has 0 aliphatic carbocycles. The third-order valence-corrected chi connectivity index (χ3v) is 1.91. The summed E-state index contributed by atoms with van der Waals surface area (Å²) >= 11 is 0. The topological polar surface area (TPSA) is 109 Å². The molecule has 8 heteroatoms. The Morgan fingerprint density at radius 2 is 2.00 bits per heavy atom. The van der Waals surface area contributed by atoms with Crippen LogP contribution in [0.25, 0.3) is 0 Å². The van der Waals surface area contributed by atoms with Crippen molar-refractivity contribution >= 4 is 23.7 Å². The summed E-state index contributed by atoms with van der Waals surface area (Å²) < 4.78 is 4.76. The summed E-state index contributed by atoms with van der Waals surface area (Å²) in [6.07, 6.45) is 0.180. The molecular formula is C9H14N4O4. The molecule has 94 valence electrons. The average Bonchev–Trinajstić information content (AvgIpc) is 2.59. The van der Waals surface area contributed by atoms with Gasteiger partial charge in [0.2, 0.25) is 11.9 Å². The molecule has 17 heavy (non-hydrogen) atoms. The second-order valence-corrected chi connectivity index (χ2v) is 3.23. The highest BCUT2D eigenvalue weighted by Crippen LogP contribution is 1.86. The quantitative estimate of drug-likeness (QED) is 0.361. The van der Waals surface area contributed by atoms with E-state index < -0.39 is 11.8 Å². The number of guanidine groups is 1. The Bertz CT molecular complexity index is 335. The van der Waals surface area contributed by atoms with Gasteiger partial charge in [0.15, 0.2) is 0 Å². The van der Waals surface area contributed by atoms with E-state index in [1.54, 1.807) is 7.11 Å². The molecule has 0 radical (unpaired) electrons. The summed E-state index contributed by atoms with van der Waals surface area (Å²) in [5, 5.41) is 7.08. The monoisotopic (exact) mass is 242 g/mol. The van der Waals surface area contributed by atoms with E-state index in [0.29, 0.717) is 13.2 Å². The van der Waals surface area contributed by atoms with Gasteiger partial charge in [0, 0.05) is 20.1 Å². The van der Waals surface area contributed by atoms with Crippen molar-refractivity contribution in [3.63, 3.8) is 0 Å². The molecule has 1 rings (SSSR count). The largest absolute Gasteiger partial charge is 0.383 e. The van der Waals surface area contributed by atoms with Crippen molar-refractivity contribution in [2.75, 3.05) is 26.8 Å². The van der Waals surface area contributed by atoms with Gasteiger partial charge in [-0.2, -0.15) is 0 Å². The molecule has 0 atom stereocenters. The number of aliphatic imine (C=N–C) groups is 1. The fourth-order valence-corrected chi connectivity index (χ4v) is 1.09. The number of nitrogens with one attached hydrogen (secondary N) is 3. The predicted molar refractivity (Wildman–Crippen MR) is 58.1 cm³/mol. The zero-order valence-electron chi connectivity index (χ0n) is 9.41. The maximum Gasteiger partial charge on any atom is 0.316 e. The molecule has 1 aliphatic rings. The molecule has 0 saturated carbocycles. The van der Waals surface area contributed by atoms with E-state index in [-0.39, 0.29) is 24.8 Å². The normalized spacial score (nSPS) is 14.3. The highest BCUT2D eigenvalue weighted by atomic mass is 16.5. The van der Waals surface area contributed by atoms with Crippen LogP contribution in [0.1, 0.15) is 6.42 Å². The molecular weight excluding hydrogens is 228 g/mol. The molecule has 0 aromatic heterocycles. The lowest BCUT2D eigenvalue weighted by Gasteiger charge is -2.02. The molecule has 1 aliphatic heterocycles. The van der Waals surface area contributed by atoms with Crippen LogP contribution in [0.3, 0.4) is 0 Å². The van der Waals surface area contributed by atoms with Crippen molar-refractivity contribution in [3.8, 4) is 0 Å². The first kappa shape index (κ1) is 13.1. The number of amides is 3. The van der Waals surface area contributed by atoms with Crippen LogP contribution in [0.15, 0.2) is 4.99 Å². The Morgan fingerprint density at radius 1 is 1.35 bits per heavy atom. The fraction of sp³-hybridized carbons (Fsp3) is 0.556. The summed E-state index contributed by atoms with van der Waals surface area (Å²) in [6.45, 7) is 1.08. The smallest absolute Gasteiger partial charge is 0.316 e. The van der Waals surface area contributed by atoms with E-state index in [9.17, 15) is 14.4 Å². The first-order valence-electron chi connectivity index (χ1n) is 5.06. The minimum absolute atomic E-state index is 0.0877. The number of hydrogen-bond acceptors (Lipinski definition) is 5. The van der Waals surface area contributed by atoms with Gasteiger partial charge in [0.25, 0.3) is 0 Å². The van der Waals surface area contributed by atoms with Crippen molar-refractivity contribution in [2.24, 2.45) is 4.99 Å². The molecule has 8 nitrogen and oxygen atoms in total. The van der Waals surface area contributed by atoms with Gasteiger partial charge < -0.3 is 10.1 Å². The molecule has 1 saturated heterocycles. The van der Waals surface area contributed by atoms with Crippen LogP contribution in [-0.2, 0) is 19.1 Å². The third kappa shape index (κ3) is 4.60. The molecule has 0 unspecified atom stereocenters. The molecule has 3 N–H and O–H groups in total. The van der Waals surface area contributed by atoms with Crippen LogP contribution in [0.5, 0.6) is 0 Å². The van der Waals surface area contributed by atoms with Crippen LogP contribution in [0, 0.1) is 0 Å². The summed E-state index contributed by atoms with van der Waals surface area (Å²) in [6, 6.07) is 0. The highest BCUT2D eigenvalue weighted by Gasteiger charge is 2.24. The number of nitrogens with zero attached hydrogens (tertiary/aromatic N) is 1. The zero-order valence-corrected chi connectivity index (χ0v) is 9.41. The summed E-state index contributed by atoms with van der Waals surface area (Å²) in [5.74, 6) is -1.56. The SMILES string of the molecule is COCCNC(=O)CCN=C1NC(=O)C(=O)N1. The Kier molecular flexibility index (Phi) is 5.08. The van der Waals surface area contributed by atoms with Crippen molar-refractivity contribution < 1.29 is 19.1 Å². The van der Waals surface area contributed by atoms with E-state index in [1.165, 1.54) is 0 Å². The van der Waals surface area contributed by atoms with Gasteiger partial charge in [-0.25, -0.2) is 0 Å².